The van der Waals surface area contributed by atoms with Crippen LogP contribution in [-0.2, 0) is 19.4 Å². The van der Waals surface area contributed by atoms with Crippen LogP contribution in [0.1, 0.15) is 30.5 Å². The monoisotopic (exact) mass is 381 g/mol. The summed E-state index contributed by atoms with van der Waals surface area (Å²) in [6.07, 6.45) is 1.83. The summed E-state index contributed by atoms with van der Waals surface area (Å²) in [6, 6.07) is 14.4. The van der Waals surface area contributed by atoms with Gasteiger partial charge in [0.1, 0.15) is 5.75 Å². The third-order valence-corrected chi connectivity index (χ3v) is 5.48. The number of aryl methyl sites for hydroxylation is 2. The highest BCUT2D eigenvalue weighted by molar-refractivity contribution is 5.91. The maximum Gasteiger partial charge on any atom is 0.321 e. The molecule has 0 spiro atoms. The van der Waals surface area contributed by atoms with Crippen molar-refractivity contribution in [2.75, 3.05) is 38.6 Å². The predicted molar refractivity (Wildman–Crippen MR) is 114 cm³/mol. The molecule has 1 saturated heterocycles. The van der Waals surface area contributed by atoms with Crippen LogP contribution >= 0.6 is 0 Å². The first-order chi connectivity index (χ1) is 13.7. The average Bonchev–Trinajstić information content (AvgIpc) is 2.74. The van der Waals surface area contributed by atoms with E-state index in [0.29, 0.717) is 0 Å². The van der Waals surface area contributed by atoms with Crippen molar-refractivity contribution in [2.24, 2.45) is 0 Å². The summed E-state index contributed by atoms with van der Waals surface area (Å²) >= 11 is 0. The molecule has 1 fully saturated rings. The van der Waals surface area contributed by atoms with Crippen LogP contribution < -0.4 is 10.1 Å². The second kappa shape index (κ2) is 9.60. The molecule has 2 aromatic carbocycles. The number of hydrogen-bond donors (Lipinski definition) is 1. The number of nitrogens with zero attached hydrogens (tertiary/aromatic N) is 2. The van der Waals surface area contributed by atoms with E-state index in [4.69, 9.17) is 4.74 Å². The Kier molecular flexibility index (Phi) is 6.93. The Morgan fingerprint density at radius 1 is 0.929 bits per heavy atom. The van der Waals surface area contributed by atoms with Crippen LogP contribution in [0.2, 0.25) is 0 Å². The summed E-state index contributed by atoms with van der Waals surface area (Å²) in [5, 5.41) is 3.18. The summed E-state index contributed by atoms with van der Waals surface area (Å²) in [6.45, 7) is 8.29. The van der Waals surface area contributed by atoms with Crippen molar-refractivity contribution in [3.8, 4) is 5.75 Å². The fourth-order valence-corrected chi connectivity index (χ4v) is 3.77. The average molecular weight is 382 g/mol. The summed E-state index contributed by atoms with van der Waals surface area (Å²) in [7, 11) is 1.71. The Labute approximate surface area is 168 Å². The quantitative estimate of drug-likeness (QED) is 0.817. The normalized spacial score (nSPS) is 14.8. The van der Waals surface area contributed by atoms with Crippen molar-refractivity contribution in [1.82, 2.24) is 9.80 Å². The van der Waals surface area contributed by atoms with Crippen LogP contribution in [0.3, 0.4) is 0 Å². The molecule has 1 aliphatic rings. The molecule has 5 heteroatoms. The van der Waals surface area contributed by atoms with E-state index >= 15 is 0 Å². The molecular formula is C23H31N3O2. The standard InChI is InChI=1S/C23H31N3O2/c1-4-18-10-8-11-19(5-2)22(18)24-23(27)26-15-13-25(14-16-26)17-20-9-6-7-12-21(20)28-3/h6-12H,4-5,13-17H2,1-3H3,(H,24,27). The molecule has 28 heavy (non-hydrogen) atoms. The van der Waals surface area contributed by atoms with Gasteiger partial charge in [-0.2, -0.15) is 0 Å². The summed E-state index contributed by atoms with van der Waals surface area (Å²) in [4.78, 5) is 17.1. The number of methoxy groups -OCH3 is 1. The molecule has 0 unspecified atom stereocenters. The maximum absolute atomic E-state index is 12.8. The van der Waals surface area contributed by atoms with E-state index < -0.39 is 0 Å². The molecule has 1 aliphatic heterocycles. The van der Waals surface area contributed by atoms with Crippen LogP contribution in [0.15, 0.2) is 42.5 Å². The van der Waals surface area contributed by atoms with Gasteiger partial charge in [-0.05, 0) is 30.0 Å². The van der Waals surface area contributed by atoms with Crippen molar-refractivity contribution in [2.45, 2.75) is 33.2 Å². The number of amides is 2. The van der Waals surface area contributed by atoms with Gasteiger partial charge in [0, 0.05) is 44.0 Å². The Morgan fingerprint density at radius 2 is 1.54 bits per heavy atom. The lowest BCUT2D eigenvalue weighted by Gasteiger charge is -2.35. The number of ether oxygens (including phenoxy) is 1. The summed E-state index contributed by atoms with van der Waals surface area (Å²) < 4.78 is 5.46. The topological polar surface area (TPSA) is 44.8 Å². The molecule has 1 N–H and O–H groups in total. The molecule has 0 aromatic heterocycles. The van der Waals surface area contributed by atoms with Gasteiger partial charge in [0.2, 0.25) is 0 Å². The number of urea groups is 1. The van der Waals surface area contributed by atoms with Crippen LogP contribution in [-0.4, -0.2) is 49.1 Å². The Balaban J connectivity index is 1.59. The first-order valence-corrected chi connectivity index (χ1v) is 10.2. The lowest BCUT2D eigenvalue weighted by atomic mass is 10.0. The third kappa shape index (κ3) is 4.65. The summed E-state index contributed by atoms with van der Waals surface area (Å²) in [5.74, 6) is 0.922. The zero-order valence-electron chi connectivity index (χ0n) is 17.2. The minimum absolute atomic E-state index is 0.00698. The Bertz CT molecular complexity index is 776. The number of anilines is 1. The molecular weight excluding hydrogens is 350 g/mol. The molecule has 2 amide bonds. The van der Waals surface area contributed by atoms with Gasteiger partial charge in [0.25, 0.3) is 0 Å². The smallest absolute Gasteiger partial charge is 0.321 e. The third-order valence-electron chi connectivity index (χ3n) is 5.48. The minimum Gasteiger partial charge on any atom is -0.496 e. The lowest BCUT2D eigenvalue weighted by Crippen LogP contribution is -2.49. The summed E-state index contributed by atoms with van der Waals surface area (Å²) in [5.41, 5.74) is 4.58. The van der Waals surface area contributed by atoms with Crippen LogP contribution in [0.4, 0.5) is 10.5 Å². The first kappa shape index (κ1) is 20.2. The Morgan fingerprint density at radius 3 is 2.14 bits per heavy atom. The molecule has 0 atom stereocenters. The first-order valence-electron chi connectivity index (χ1n) is 10.2. The zero-order chi connectivity index (χ0) is 19.9. The molecule has 0 aliphatic carbocycles. The Hall–Kier alpha value is -2.53. The van der Waals surface area contributed by atoms with E-state index in [2.05, 4.69) is 48.3 Å². The number of piperazine rings is 1. The number of benzene rings is 2. The maximum atomic E-state index is 12.8. The van der Waals surface area contributed by atoms with Gasteiger partial charge >= 0.3 is 6.03 Å². The zero-order valence-corrected chi connectivity index (χ0v) is 17.2. The van der Waals surface area contributed by atoms with Gasteiger partial charge in [-0.1, -0.05) is 50.2 Å². The minimum atomic E-state index is 0.00698. The van der Waals surface area contributed by atoms with E-state index in [-0.39, 0.29) is 6.03 Å². The van der Waals surface area contributed by atoms with Crippen molar-refractivity contribution in [1.29, 1.82) is 0 Å². The van der Waals surface area contributed by atoms with Crippen LogP contribution in [0.25, 0.3) is 0 Å². The van der Waals surface area contributed by atoms with E-state index in [1.807, 2.05) is 23.1 Å². The molecule has 1 heterocycles. The van der Waals surface area contributed by atoms with Gasteiger partial charge in [0.15, 0.2) is 0 Å². The largest absolute Gasteiger partial charge is 0.496 e. The molecule has 3 rings (SSSR count). The number of carbonyl (C=O) groups excluding carboxylic acids is 1. The molecule has 2 aromatic rings. The second-order valence-corrected chi connectivity index (χ2v) is 7.16. The van der Waals surface area contributed by atoms with Gasteiger partial charge < -0.3 is 15.0 Å². The predicted octanol–water partition coefficient (Wildman–Crippen LogP) is 4.17. The van der Waals surface area contributed by atoms with Gasteiger partial charge in [0.05, 0.1) is 7.11 Å². The van der Waals surface area contributed by atoms with E-state index in [1.165, 1.54) is 16.7 Å². The van der Waals surface area contributed by atoms with E-state index in [1.54, 1.807) is 7.11 Å². The van der Waals surface area contributed by atoms with Crippen LogP contribution in [0, 0.1) is 0 Å². The number of hydrogen-bond acceptors (Lipinski definition) is 3. The highest BCUT2D eigenvalue weighted by atomic mass is 16.5. The van der Waals surface area contributed by atoms with E-state index in [9.17, 15) is 4.79 Å². The highest BCUT2D eigenvalue weighted by Crippen LogP contribution is 2.24. The lowest BCUT2D eigenvalue weighted by molar-refractivity contribution is 0.142. The molecule has 0 saturated carbocycles. The fourth-order valence-electron chi connectivity index (χ4n) is 3.77. The number of carbonyl (C=O) groups is 1. The highest BCUT2D eigenvalue weighted by Gasteiger charge is 2.22. The van der Waals surface area contributed by atoms with Crippen molar-refractivity contribution in [3.05, 3.63) is 59.2 Å². The van der Waals surface area contributed by atoms with Crippen molar-refractivity contribution < 1.29 is 9.53 Å². The molecule has 0 radical (unpaired) electrons. The van der Waals surface area contributed by atoms with Crippen molar-refractivity contribution >= 4 is 11.7 Å². The van der Waals surface area contributed by atoms with Crippen molar-refractivity contribution in [3.63, 3.8) is 0 Å². The van der Waals surface area contributed by atoms with Gasteiger partial charge in [-0.25, -0.2) is 4.79 Å². The number of nitrogens with one attached hydrogen (secondary N) is 1. The second-order valence-electron chi connectivity index (χ2n) is 7.16. The number of para-hydroxylation sites is 2. The SMILES string of the molecule is CCc1cccc(CC)c1NC(=O)N1CCN(Cc2ccccc2OC)CC1. The molecule has 0 bridgehead atoms. The van der Waals surface area contributed by atoms with Gasteiger partial charge in [-0.15, -0.1) is 0 Å². The van der Waals surface area contributed by atoms with Gasteiger partial charge in [-0.3, -0.25) is 4.90 Å². The number of rotatable bonds is 6. The fraction of sp³-hybridized carbons (Fsp3) is 0.435. The van der Waals surface area contributed by atoms with Crippen LogP contribution in [0.5, 0.6) is 5.75 Å². The molecule has 5 nitrogen and oxygen atoms in total. The molecule has 150 valence electrons. The van der Waals surface area contributed by atoms with E-state index in [0.717, 1.165) is 57.0 Å².